The fourth-order valence-electron chi connectivity index (χ4n) is 1.41. The quantitative estimate of drug-likeness (QED) is 0.631. The van der Waals surface area contributed by atoms with Gasteiger partial charge in [0, 0.05) is 0 Å². The molecule has 0 spiro atoms. The smallest absolute Gasteiger partial charge is 0.0502 e. The summed E-state index contributed by atoms with van der Waals surface area (Å²) < 4.78 is 0.930. The molecule has 0 aromatic heterocycles. The molecule has 1 saturated heterocycles. The molecule has 1 fully saturated rings. The topological polar surface area (TPSA) is 0 Å². The highest BCUT2D eigenvalue weighted by Gasteiger charge is 2.11. The number of hydrogen-bond acceptors (Lipinski definition) is 2. The van der Waals surface area contributed by atoms with Gasteiger partial charge in [0.1, 0.15) is 0 Å². The van der Waals surface area contributed by atoms with Crippen LogP contribution < -0.4 is 0 Å². The van der Waals surface area contributed by atoms with Gasteiger partial charge in [0.05, 0.1) is 4.58 Å². The molecule has 0 aromatic carbocycles. The normalized spacial score (nSPS) is 20.8. The van der Waals surface area contributed by atoms with E-state index in [4.69, 9.17) is 0 Å². The molecule has 0 bridgehead atoms. The van der Waals surface area contributed by atoms with E-state index in [1.54, 1.807) is 0 Å². The summed E-state index contributed by atoms with van der Waals surface area (Å²) in [5, 5.41) is 0. The van der Waals surface area contributed by atoms with Crippen LogP contribution in [0.15, 0.2) is 0 Å². The summed E-state index contributed by atoms with van der Waals surface area (Å²) >= 11 is 4.39. The Bertz CT molecular complexity index is 96.0. The largest absolute Gasteiger partial charge is 0.148 e. The summed E-state index contributed by atoms with van der Waals surface area (Å²) in [7, 11) is 0. The Hall–Kier alpha value is 0.700. The van der Waals surface area contributed by atoms with Crippen molar-refractivity contribution in [1.29, 1.82) is 0 Å². The maximum absolute atomic E-state index is 2.29. The molecule has 0 amide bonds. The number of rotatable bonds is 4. The van der Waals surface area contributed by atoms with Gasteiger partial charge in [-0.2, -0.15) is 0 Å². The summed E-state index contributed by atoms with van der Waals surface area (Å²) in [6, 6.07) is 0. The minimum absolute atomic E-state index is 0.930. The molecule has 0 radical (unpaired) electrons. The Morgan fingerprint density at radius 2 is 1.75 bits per heavy atom. The van der Waals surface area contributed by atoms with Crippen LogP contribution in [0.25, 0.3) is 0 Å². The van der Waals surface area contributed by atoms with Gasteiger partial charge < -0.3 is 0 Å². The van der Waals surface area contributed by atoms with Crippen LogP contribution in [-0.2, 0) is 0 Å². The molecule has 0 atom stereocenters. The molecule has 1 heterocycles. The van der Waals surface area contributed by atoms with Gasteiger partial charge in [-0.25, -0.2) is 0 Å². The lowest BCUT2D eigenvalue weighted by atomic mass is 10.2. The van der Waals surface area contributed by atoms with Crippen LogP contribution in [-0.4, -0.2) is 16.1 Å². The maximum Gasteiger partial charge on any atom is 0.0502 e. The van der Waals surface area contributed by atoms with E-state index in [1.807, 2.05) is 0 Å². The first-order chi connectivity index (χ1) is 5.93. The van der Waals surface area contributed by atoms with Crippen molar-refractivity contribution >= 4 is 23.5 Å². The van der Waals surface area contributed by atoms with Crippen LogP contribution in [0.4, 0.5) is 0 Å². The molecule has 0 saturated carbocycles. The molecule has 0 nitrogen and oxygen atoms in total. The zero-order valence-electron chi connectivity index (χ0n) is 8.05. The monoisotopic (exact) mass is 204 g/mol. The van der Waals surface area contributed by atoms with E-state index in [0.717, 1.165) is 4.58 Å². The molecule has 1 aliphatic rings. The first kappa shape index (κ1) is 10.8. The Morgan fingerprint density at radius 1 is 1.08 bits per heavy atom. The van der Waals surface area contributed by atoms with E-state index in [2.05, 4.69) is 30.4 Å². The molecule has 0 aliphatic carbocycles. The lowest BCUT2D eigenvalue weighted by molar-refractivity contribution is 0.697. The highest BCUT2D eigenvalue weighted by atomic mass is 32.2. The summed E-state index contributed by atoms with van der Waals surface area (Å²) in [6.07, 6.45) is 8.58. The molecule has 0 aromatic rings. The van der Waals surface area contributed by atoms with Crippen molar-refractivity contribution in [2.45, 2.75) is 50.0 Å². The summed E-state index contributed by atoms with van der Waals surface area (Å²) in [6.45, 7) is 2.29. The molecule has 12 heavy (non-hydrogen) atoms. The molecule has 0 unspecified atom stereocenters. The summed E-state index contributed by atoms with van der Waals surface area (Å²) in [5.74, 6) is 2.81. The predicted octanol–water partition coefficient (Wildman–Crippen LogP) is 4.15. The third kappa shape index (κ3) is 4.66. The van der Waals surface area contributed by atoms with Gasteiger partial charge in [0.15, 0.2) is 0 Å². The Morgan fingerprint density at radius 3 is 2.33 bits per heavy atom. The second kappa shape index (κ2) is 7.14. The first-order valence-corrected chi connectivity index (χ1v) is 7.26. The Kier molecular flexibility index (Phi) is 6.41. The van der Waals surface area contributed by atoms with E-state index >= 15 is 0 Å². The van der Waals surface area contributed by atoms with Crippen LogP contribution >= 0.6 is 23.5 Å². The Labute approximate surface area is 85.3 Å². The first-order valence-electron chi connectivity index (χ1n) is 5.16. The third-order valence-electron chi connectivity index (χ3n) is 2.19. The minimum atomic E-state index is 0.930. The minimum Gasteiger partial charge on any atom is -0.148 e. The zero-order chi connectivity index (χ0) is 8.65. The highest BCUT2D eigenvalue weighted by Crippen LogP contribution is 2.32. The average molecular weight is 204 g/mol. The number of thioether (sulfide) groups is 2. The van der Waals surface area contributed by atoms with Gasteiger partial charge in [0.25, 0.3) is 0 Å². The van der Waals surface area contributed by atoms with Crippen LogP contribution in [0.5, 0.6) is 0 Å². The van der Waals surface area contributed by atoms with Crippen LogP contribution in [0.1, 0.15) is 45.4 Å². The second-order valence-electron chi connectivity index (χ2n) is 3.37. The second-order valence-corrected chi connectivity index (χ2v) is 6.29. The van der Waals surface area contributed by atoms with Crippen molar-refractivity contribution in [3.05, 3.63) is 0 Å². The van der Waals surface area contributed by atoms with Gasteiger partial charge in [-0.1, -0.05) is 26.2 Å². The SMILES string of the molecule is CCCCCC1SCCCCS1. The van der Waals surface area contributed by atoms with Crippen LogP contribution in [0, 0.1) is 0 Å². The fourth-order valence-corrected chi connectivity index (χ4v) is 4.31. The molecular weight excluding hydrogens is 184 g/mol. The third-order valence-corrected chi connectivity index (χ3v) is 5.27. The van der Waals surface area contributed by atoms with E-state index in [0.29, 0.717) is 0 Å². The van der Waals surface area contributed by atoms with Crippen LogP contribution in [0.2, 0.25) is 0 Å². The molecule has 0 N–H and O–H groups in total. The van der Waals surface area contributed by atoms with E-state index in [1.165, 1.54) is 50.0 Å². The molecule has 1 aliphatic heterocycles. The van der Waals surface area contributed by atoms with Crippen molar-refractivity contribution in [2.75, 3.05) is 11.5 Å². The molecular formula is C10H20S2. The van der Waals surface area contributed by atoms with Crippen molar-refractivity contribution in [3.63, 3.8) is 0 Å². The van der Waals surface area contributed by atoms with Crippen LogP contribution in [0.3, 0.4) is 0 Å². The maximum atomic E-state index is 2.29. The lowest BCUT2D eigenvalue weighted by Crippen LogP contribution is -1.96. The number of unbranched alkanes of at least 4 members (excludes halogenated alkanes) is 2. The van der Waals surface area contributed by atoms with E-state index in [9.17, 15) is 0 Å². The van der Waals surface area contributed by atoms with E-state index in [-0.39, 0.29) is 0 Å². The van der Waals surface area contributed by atoms with Gasteiger partial charge >= 0.3 is 0 Å². The zero-order valence-corrected chi connectivity index (χ0v) is 9.68. The van der Waals surface area contributed by atoms with Crippen molar-refractivity contribution in [2.24, 2.45) is 0 Å². The summed E-state index contributed by atoms with van der Waals surface area (Å²) in [5.41, 5.74) is 0. The van der Waals surface area contributed by atoms with Gasteiger partial charge in [-0.15, -0.1) is 23.5 Å². The molecule has 72 valence electrons. The standard InChI is InChI=1S/C10H20S2/c1-2-3-4-7-10-11-8-5-6-9-12-10/h10H,2-9H2,1H3. The van der Waals surface area contributed by atoms with Crippen molar-refractivity contribution < 1.29 is 0 Å². The number of hydrogen-bond donors (Lipinski definition) is 0. The van der Waals surface area contributed by atoms with Crippen molar-refractivity contribution in [3.8, 4) is 0 Å². The van der Waals surface area contributed by atoms with Crippen molar-refractivity contribution in [1.82, 2.24) is 0 Å². The van der Waals surface area contributed by atoms with E-state index < -0.39 is 0 Å². The predicted molar refractivity (Wildman–Crippen MR) is 62.1 cm³/mol. The average Bonchev–Trinajstić information content (AvgIpc) is 2.33. The fraction of sp³-hybridized carbons (Fsp3) is 1.00. The highest BCUT2D eigenvalue weighted by molar-refractivity contribution is 8.17. The molecule has 1 rings (SSSR count). The lowest BCUT2D eigenvalue weighted by Gasteiger charge is -2.11. The van der Waals surface area contributed by atoms with Gasteiger partial charge in [-0.05, 0) is 30.8 Å². The van der Waals surface area contributed by atoms with Gasteiger partial charge in [-0.3, -0.25) is 0 Å². The summed E-state index contributed by atoms with van der Waals surface area (Å²) in [4.78, 5) is 0. The van der Waals surface area contributed by atoms with Gasteiger partial charge in [0.2, 0.25) is 0 Å². The Balaban J connectivity index is 2.04. The molecule has 2 heteroatoms.